The monoisotopic (exact) mass is 222 g/mol. The Kier molecular flexibility index (Phi) is 2.13. The molecule has 0 spiro atoms. The predicted molar refractivity (Wildman–Crippen MR) is 63.0 cm³/mol. The predicted octanol–water partition coefficient (Wildman–Crippen LogP) is 1.38. The van der Waals surface area contributed by atoms with Crippen molar-refractivity contribution in [1.29, 1.82) is 0 Å². The van der Waals surface area contributed by atoms with Crippen molar-refractivity contribution in [2.24, 2.45) is 11.3 Å². The maximum absolute atomic E-state index is 12.6. The van der Waals surface area contributed by atoms with Crippen molar-refractivity contribution in [3.05, 3.63) is 0 Å². The van der Waals surface area contributed by atoms with Gasteiger partial charge in [0.15, 0.2) is 0 Å². The fraction of sp³-hybridized carbons (Fsp3) is 0.923. The first-order valence-electron chi connectivity index (χ1n) is 6.56. The highest BCUT2D eigenvalue weighted by Gasteiger charge is 2.55. The second-order valence-corrected chi connectivity index (χ2v) is 6.52. The second-order valence-electron chi connectivity index (χ2n) is 6.52. The molecule has 3 aliphatic rings. The average Bonchev–Trinajstić information content (AvgIpc) is 2.69. The molecule has 1 amide bonds. The fourth-order valence-corrected chi connectivity index (χ4v) is 3.61. The van der Waals surface area contributed by atoms with Gasteiger partial charge in [-0.05, 0) is 44.1 Å². The molecule has 0 aromatic rings. The summed E-state index contributed by atoms with van der Waals surface area (Å²) in [5.41, 5.74) is 0.129. The molecule has 0 radical (unpaired) electrons. The zero-order chi connectivity index (χ0) is 11.5. The van der Waals surface area contributed by atoms with E-state index in [-0.39, 0.29) is 11.5 Å². The molecule has 3 fully saturated rings. The van der Waals surface area contributed by atoms with Crippen LogP contribution in [-0.4, -0.2) is 35.5 Å². The summed E-state index contributed by atoms with van der Waals surface area (Å²) < 4.78 is 0. The minimum atomic E-state index is 0.0503. The Morgan fingerprint density at radius 2 is 2.12 bits per heavy atom. The molecule has 90 valence electrons. The van der Waals surface area contributed by atoms with Crippen molar-refractivity contribution in [3.63, 3.8) is 0 Å². The van der Waals surface area contributed by atoms with Crippen LogP contribution in [0.1, 0.15) is 40.0 Å². The van der Waals surface area contributed by atoms with Crippen LogP contribution in [-0.2, 0) is 4.79 Å². The fourth-order valence-electron chi connectivity index (χ4n) is 3.61. The van der Waals surface area contributed by atoms with E-state index in [1.54, 1.807) is 0 Å². The molecule has 3 rings (SSSR count). The lowest BCUT2D eigenvalue weighted by Crippen LogP contribution is -2.51. The molecule has 3 heteroatoms. The molecular weight excluding hydrogens is 200 g/mol. The third-order valence-electron chi connectivity index (χ3n) is 4.76. The van der Waals surface area contributed by atoms with E-state index in [9.17, 15) is 4.79 Å². The molecule has 0 bridgehead atoms. The molecule has 0 aromatic heterocycles. The number of carbonyl (C=O) groups is 1. The van der Waals surface area contributed by atoms with Crippen LogP contribution in [0.4, 0.5) is 0 Å². The third-order valence-corrected chi connectivity index (χ3v) is 4.76. The number of hydrogen-bond acceptors (Lipinski definition) is 2. The number of amides is 1. The van der Waals surface area contributed by atoms with Gasteiger partial charge in [0.05, 0.1) is 6.04 Å². The first kappa shape index (κ1) is 10.6. The summed E-state index contributed by atoms with van der Waals surface area (Å²) in [4.78, 5) is 14.8. The van der Waals surface area contributed by atoms with Gasteiger partial charge in [-0.25, -0.2) is 0 Å². The highest BCUT2D eigenvalue weighted by Crippen LogP contribution is 2.48. The van der Waals surface area contributed by atoms with Crippen LogP contribution in [0.25, 0.3) is 0 Å². The van der Waals surface area contributed by atoms with Crippen molar-refractivity contribution in [1.82, 2.24) is 10.2 Å². The van der Waals surface area contributed by atoms with Crippen molar-refractivity contribution in [2.45, 2.75) is 58.2 Å². The molecule has 0 aromatic carbocycles. The van der Waals surface area contributed by atoms with Crippen molar-refractivity contribution in [2.75, 3.05) is 6.54 Å². The largest absolute Gasteiger partial charge is 0.335 e. The van der Waals surface area contributed by atoms with Crippen LogP contribution in [0, 0.1) is 11.3 Å². The van der Waals surface area contributed by atoms with E-state index < -0.39 is 0 Å². The van der Waals surface area contributed by atoms with Gasteiger partial charge >= 0.3 is 0 Å². The number of nitrogens with zero attached hydrogens (tertiary/aromatic N) is 1. The van der Waals surface area contributed by atoms with Gasteiger partial charge in [0.25, 0.3) is 0 Å². The van der Waals surface area contributed by atoms with Crippen molar-refractivity contribution >= 4 is 5.91 Å². The third kappa shape index (κ3) is 1.41. The normalized spacial score (nSPS) is 44.6. The molecule has 1 N–H and O–H groups in total. The molecule has 2 heterocycles. The lowest BCUT2D eigenvalue weighted by atomic mass is 9.84. The van der Waals surface area contributed by atoms with E-state index in [0.29, 0.717) is 18.0 Å². The van der Waals surface area contributed by atoms with Gasteiger partial charge in [-0.3, -0.25) is 4.79 Å². The summed E-state index contributed by atoms with van der Waals surface area (Å²) in [5, 5.41) is 3.39. The number of piperidine rings is 1. The average molecular weight is 222 g/mol. The molecule has 0 unspecified atom stereocenters. The Hall–Kier alpha value is -0.570. The number of fused-ring (bicyclic) bond motifs is 1. The van der Waals surface area contributed by atoms with Crippen LogP contribution in [0.5, 0.6) is 0 Å². The molecule has 2 saturated heterocycles. The van der Waals surface area contributed by atoms with Gasteiger partial charge in [0, 0.05) is 12.1 Å². The van der Waals surface area contributed by atoms with Crippen LogP contribution >= 0.6 is 0 Å². The highest BCUT2D eigenvalue weighted by atomic mass is 16.2. The van der Waals surface area contributed by atoms with Crippen LogP contribution < -0.4 is 5.32 Å². The second kappa shape index (κ2) is 3.22. The summed E-state index contributed by atoms with van der Waals surface area (Å²) in [6.45, 7) is 7.60. The van der Waals surface area contributed by atoms with E-state index in [4.69, 9.17) is 0 Å². The molecule has 3 nitrogen and oxygen atoms in total. The molecular formula is C13H22N2O. The zero-order valence-corrected chi connectivity index (χ0v) is 10.5. The Morgan fingerprint density at radius 1 is 1.38 bits per heavy atom. The first-order valence-corrected chi connectivity index (χ1v) is 6.56. The Morgan fingerprint density at radius 3 is 2.62 bits per heavy atom. The van der Waals surface area contributed by atoms with Gasteiger partial charge in [-0.1, -0.05) is 13.8 Å². The lowest BCUT2D eigenvalue weighted by Gasteiger charge is -2.33. The van der Waals surface area contributed by atoms with Crippen LogP contribution in [0.15, 0.2) is 0 Å². The maximum Gasteiger partial charge on any atom is 0.240 e. The number of nitrogens with one attached hydrogen (secondary N) is 1. The molecule has 16 heavy (non-hydrogen) atoms. The Balaban J connectivity index is 1.77. The number of carbonyl (C=O) groups excluding carboxylic acids is 1. The van der Waals surface area contributed by atoms with Crippen molar-refractivity contribution < 1.29 is 4.79 Å². The van der Waals surface area contributed by atoms with E-state index in [0.717, 1.165) is 18.9 Å². The Labute approximate surface area is 97.6 Å². The van der Waals surface area contributed by atoms with Gasteiger partial charge < -0.3 is 10.2 Å². The number of hydrogen-bond donors (Lipinski definition) is 1. The quantitative estimate of drug-likeness (QED) is 0.727. The Bertz CT molecular complexity index is 320. The highest BCUT2D eigenvalue weighted by molar-refractivity contribution is 5.84. The summed E-state index contributed by atoms with van der Waals surface area (Å²) >= 11 is 0. The maximum atomic E-state index is 12.6. The van der Waals surface area contributed by atoms with Crippen LogP contribution in [0.2, 0.25) is 0 Å². The number of rotatable bonds is 1. The molecule has 2 aliphatic heterocycles. The van der Waals surface area contributed by atoms with E-state index in [2.05, 4.69) is 31.0 Å². The molecule has 1 saturated carbocycles. The van der Waals surface area contributed by atoms with E-state index in [1.165, 1.54) is 12.8 Å². The van der Waals surface area contributed by atoms with Gasteiger partial charge in [-0.15, -0.1) is 0 Å². The van der Waals surface area contributed by atoms with Gasteiger partial charge in [0.2, 0.25) is 5.91 Å². The van der Waals surface area contributed by atoms with E-state index in [1.807, 2.05) is 0 Å². The first-order chi connectivity index (χ1) is 7.50. The minimum Gasteiger partial charge on any atom is -0.335 e. The molecule has 4 atom stereocenters. The summed E-state index contributed by atoms with van der Waals surface area (Å²) in [6.07, 6.45) is 3.59. The lowest BCUT2D eigenvalue weighted by molar-refractivity contribution is -0.136. The van der Waals surface area contributed by atoms with E-state index >= 15 is 0 Å². The van der Waals surface area contributed by atoms with Crippen LogP contribution in [0.3, 0.4) is 0 Å². The standard InChI is InChI=1S/C13H22N2O/c1-8-6-9-7-10(9)15(8)12(16)11-13(2,3)4-5-14-11/h8-11,14H,4-7H2,1-3H3/t8-,9-,10+,11-/m1/s1. The SMILES string of the molecule is C[C@@H]1C[C@@H]2C[C@@H]2N1C(=O)[C@H]1NCCC1(C)C. The van der Waals surface area contributed by atoms with Gasteiger partial charge in [-0.2, -0.15) is 0 Å². The van der Waals surface area contributed by atoms with Crippen molar-refractivity contribution in [3.8, 4) is 0 Å². The van der Waals surface area contributed by atoms with Gasteiger partial charge in [0.1, 0.15) is 0 Å². The number of likely N-dealkylation sites (tertiary alicyclic amines) is 1. The molecule has 1 aliphatic carbocycles. The topological polar surface area (TPSA) is 32.3 Å². The minimum absolute atomic E-state index is 0.0503. The zero-order valence-electron chi connectivity index (χ0n) is 10.5. The summed E-state index contributed by atoms with van der Waals surface area (Å²) in [6, 6.07) is 1.10. The summed E-state index contributed by atoms with van der Waals surface area (Å²) in [5.74, 6) is 1.18. The smallest absolute Gasteiger partial charge is 0.240 e. The summed E-state index contributed by atoms with van der Waals surface area (Å²) in [7, 11) is 0.